The highest BCUT2D eigenvalue weighted by atomic mass is 79.9. The zero-order valence-corrected chi connectivity index (χ0v) is 15.2. The van der Waals surface area contributed by atoms with Gasteiger partial charge >= 0.3 is 0 Å². The third kappa shape index (κ3) is 4.73. The molecule has 1 aliphatic rings. The maximum absolute atomic E-state index is 12.4. The van der Waals surface area contributed by atoms with Gasteiger partial charge in [0.1, 0.15) is 5.75 Å². The number of halogens is 1. The third-order valence-corrected chi connectivity index (χ3v) is 4.93. The molecule has 0 radical (unpaired) electrons. The van der Waals surface area contributed by atoms with Crippen LogP contribution in [0.3, 0.4) is 0 Å². The molecule has 0 saturated carbocycles. The predicted octanol–water partition coefficient (Wildman–Crippen LogP) is 2.98. The first-order valence-corrected chi connectivity index (χ1v) is 8.64. The minimum absolute atomic E-state index is 0.0338. The highest BCUT2D eigenvalue weighted by Crippen LogP contribution is 2.28. The Labute approximate surface area is 146 Å². The smallest absolute Gasteiger partial charge is 0.223 e. The highest BCUT2D eigenvalue weighted by Gasteiger charge is 2.25. The van der Waals surface area contributed by atoms with Crippen molar-refractivity contribution >= 4 is 21.8 Å². The Kier molecular flexibility index (Phi) is 6.49. The average Bonchev–Trinajstić information content (AvgIpc) is 2.55. The van der Waals surface area contributed by atoms with Crippen molar-refractivity contribution in [3.63, 3.8) is 0 Å². The Morgan fingerprint density at radius 2 is 2.22 bits per heavy atom. The molecular weight excluding hydrogens is 356 g/mol. The summed E-state index contributed by atoms with van der Waals surface area (Å²) in [5.41, 5.74) is 1.05. The zero-order valence-electron chi connectivity index (χ0n) is 13.6. The van der Waals surface area contributed by atoms with Gasteiger partial charge in [0.2, 0.25) is 5.91 Å². The Balaban J connectivity index is 1.90. The fourth-order valence-corrected chi connectivity index (χ4v) is 3.41. The molecule has 1 saturated heterocycles. The van der Waals surface area contributed by atoms with Crippen LogP contribution in [-0.2, 0) is 4.79 Å². The Morgan fingerprint density at radius 1 is 1.52 bits per heavy atom. The fraction of sp³-hybridized carbons (Fsp3) is 0.500. The molecule has 0 spiro atoms. The standard InChI is InChI=1S/C18H23BrN2O2/c1-4-9-21-10-7-14(8-11-21)18(22)20-13(2)15-5-6-17(23-3)16(19)12-15/h1,5-6,12-14H,7-11H2,2-3H3,(H,20,22). The SMILES string of the molecule is C#CCN1CCC(C(=O)NC(C)c2ccc(OC)c(Br)c2)CC1. The molecule has 1 aromatic rings. The normalized spacial score (nSPS) is 17.3. The number of amides is 1. The summed E-state index contributed by atoms with van der Waals surface area (Å²) in [4.78, 5) is 14.7. The van der Waals surface area contributed by atoms with Crippen molar-refractivity contribution in [2.24, 2.45) is 5.92 Å². The molecule has 2 rings (SSSR count). The van der Waals surface area contributed by atoms with Crippen LogP contribution < -0.4 is 10.1 Å². The minimum atomic E-state index is -0.0338. The van der Waals surface area contributed by atoms with E-state index in [1.165, 1.54) is 0 Å². The molecule has 4 nitrogen and oxygen atoms in total. The number of nitrogens with zero attached hydrogens (tertiary/aromatic N) is 1. The molecule has 1 aliphatic heterocycles. The molecule has 1 unspecified atom stereocenters. The first-order chi connectivity index (χ1) is 11.0. The van der Waals surface area contributed by atoms with Crippen molar-refractivity contribution < 1.29 is 9.53 Å². The van der Waals surface area contributed by atoms with Crippen LogP contribution in [0, 0.1) is 18.3 Å². The number of terminal acetylenes is 1. The van der Waals surface area contributed by atoms with Gasteiger partial charge in [0, 0.05) is 5.92 Å². The molecule has 1 N–H and O–H groups in total. The van der Waals surface area contributed by atoms with E-state index in [0.29, 0.717) is 6.54 Å². The number of hydrogen-bond donors (Lipinski definition) is 1. The molecule has 1 heterocycles. The largest absolute Gasteiger partial charge is 0.496 e. The lowest BCUT2D eigenvalue weighted by Gasteiger charge is -2.30. The first-order valence-electron chi connectivity index (χ1n) is 7.84. The Hall–Kier alpha value is -1.51. The number of rotatable bonds is 5. The van der Waals surface area contributed by atoms with Gasteiger partial charge in [-0.2, -0.15) is 0 Å². The summed E-state index contributed by atoms with van der Waals surface area (Å²) in [7, 11) is 1.64. The van der Waals surface area contributed by atoms with E-state index in [1.54, 1.807) is 7.11 Å². The molecule has 1 amide bonds. The maximum Gasteiger partial charge on any atom is 0.223 e. The quantitative estimate of drug-likeness (QED) is 0.800. The van der Waals surface area contributed by atoms with E-state index in [4.69, 9.17) is 11.2 Å². The second kappa shape index (κ2) is 8.37. The van der Waals surface area contributed by atoms with Gasteiger partial charge in [0.05, 0.1) is 24.2 Å². The van der Waals surface area contributed by atoms with E-state index in [0.717, 1.165) is 41.7 Å². The van der Waals surface area contributed by atoms with Gasteiger partial charge in [-0.05, 0) is 66.5 Å². The Bertz CT molecular complexity index is 589. The molecule has 0 bridgehead atoms. The monoisotopic (exact) mass is 378 g/mol. The van der Waals surface area contributed by atoms with E-state index < -0.39 is 0 Å². The van der Waals surface area contributed by atoms with Crippen LogP contribution in [0.1, 0.15) is 31.4 Å². The van der Waals surface area contributed by atoms with Crippen molar-refractivity contribution in [1.29, 1.82) is 0 Å². The van der Waals surface area contributed by atoms with Gasteiger partial charge in [-0.1, -0.05) is 12.0 Å². The molecule has 124 valence electrons. The van der Waals surface area contributed by atoms with E-state index in [9.17, 15) is 4.79 Å². The molecule has 1 aromatic carbocycles. The number of likely N-dealkylation sites (tertiary alicyclic amines) is 1. The lowest BCUT2D eigenvalue weighted by molar-refractivity contribution is -0.127. The number of carbonyl (C=O) groups excluding carboxylic acids is 1. The van der Waals surface area contributed by atoms with Gasteiger partial charge in [-0.3, -0.25) is 9.69 Å². The molecule has 1 fully saturated rings. The summed E-state index contributed by atoms with van der Waals surface area (Å²) in [5.74, 6) is 3.65. The van der Waals surface area contributed by atoms with Gasteiger partial charge in [0.15, 0.2) is 0 Å². The number of benzene rings is 1. The highest BCUT2D eigenvalue weighted by molar-refractivity contribution is 9.10. The van der Waals surface area contributed by atoms with E-state index in [2.05, 4.69) is 32.1 Å². The summed E-state index contributed by atoms with van der Waals surface area (Å²) >= 11 is 3.48. The zero-order chi connectivity index (χ0) is 16.8. The molecule has 23 heavy (non-hydrogen) atoms. The summed E-state index contributed by atoms with van der Waals surface area (Å²) in [5, 5.41) is 3.12. The average molecular weight is 379 g/mol. The number of carbonyl (C=O) groups is 1. The van der Waals surface area contributed by atoms with Crippen LogP contribution in [0.15, 0.2) is 22.7 Å². The summed E-state index contributed by atoms with van der Waals surface area (Å²) in [6.45, 7) is 4.46. The number of hydrogen-bond acceptors (Lipinski definition) is 3. The molecule has 0 aliphatic carbocycles. The number of methoxy groups -OCH3 is 1. The minimum Gasteiger partial charge on any atom is -0.496 e. The number of nitrogens with one attached hydrogen (secondary N) is 1. The maximum atomic E-state index is 12.4. The molecule has 0 aromatic heterocycles. The lowest BCUT2D eigenvalue weighted by Crippen LogP contribution is -2.41. The van der Waals surface area contributed by atoms with Gasteiger partial charge in [-0.15, -0.1) is 6.42 Å². The van der Waals surface area contributed by atoms with Crippen molar-refractivity contribution in [2.75, 3.05) is 26.7 Å². The second-order valence-electron chi connectivity index (χ2n) is 5.88. The van der Waals surface area contributed by atoms with Crippen LogP contribution >= 0.6 is 15.9 Å². The van der Waals surface area contributed by atoms with Gasteiger partial charge < -0.3 is 10.1 Å². The van der Waals surface area contributed by atoms with E-state index in [1.807, 2.05) is 25.1 Å². The number of piperidine rings is 1. The van der Waals surface area contributed by atoms with Crippen molar-refractivity contribution in [3.8, 4) is 18.1 Å². The lowest BCUT2D eigenvalue weighted by atomic mass is 9.95. The summed E-state index contributed by atoms with van der Waals surface area (Å²) in [6.07, 6.45) is 7.07. The van der Waals surface area contributed by atoms with Crippen molar-refractivity contribution in [1.82, 2.24) is 10.2 Å². The Morgan fingerprint density at radius 3 is 2.78 bits per heavy atom. The van der Waals surface area contributed by atoms with Crippen LogP contribution in [0.25, 0.3) is 0 Å². The van der Waals surface area contributed by atoms with Crippen LogP contribution in [0.4, 0.5) is 0 Å². The molecule has 1 atom stereocenters. The van der Waals surface area contributed by atoms with Crippen LogP contribution in [-0.4, -0.2) is 37.6 Å². The molecular formula is C18H23BrN2O2. The third-order valence-electron chi connectivity index (χ3n) is 4.31. The van der Waals surface area contributed by atoms with Crippen LogP contribution in [0.2, 0.25) is 0 Å². The number of ether oxygens (including phenoxy) is 1. The summed E-state index contributed by atoms with van der Waals surface area (Å²) < 4.78 is 6.12. The topological polar surface area (TPSA) is 41.6 Å². The van der Waals surface area contributed by atoms with Gasteiger partial charge in [0.25, 0.3) is 0 Å². The van der Waals surface area contributed by atoms with Crippen LogP contribution in [0.5, 0.6) is 5.75 Å². The first kappa shape index (κ1) is 17.8. The van der Waals surface area contributed by atoms with E-state index >= 15 is 0 Å². The van der Waals surface area contributed by atoms with Crippen molar-refractivity contribution in [2.45, 2.75) is 25.8 Å². The van der Waals surface area contributed by atoms with Crippen molar-refractivity contribution in [3.05, 3.63) is 28.2 Å². The molecule has 5 heteroatoms. The summed E-state index contributed by atoms with van der Waals surface area (Å²) in [6, 6.07) is 5.83. The second-order valence-corrected chi connectivity index (χ2v) is 6.73. The fourth-order valence-electron chi connectivity index (χ4n) is 2.85. The van der Waals surface area contributed by atoms with Gasteiger partial charge in [-0.25, -0.2) is 0 Å². The van der Waals surface area contributed by atoms with E-state index in [-0.39, 0.29) is 17.9 Å². The predicted molar refractivity (Wildman–Crippen MR) is 95.2 cm³/mol.